The Bertz CT molecular complexity index is 1340. The van der Waals surface area contributed by atoms with E-state index in [0.29, 0.717) is 32.1 Å². The molecule has 0 bridgehead atoms. The lowest BCUT2D eigenvalue weighted by Crippen LogP contribution is -2.68. The molecule has 0 aliphatic carbocycles. The summed E-state index contributed by atoms with van der Waals surface area (Å²) in [6, 6.07) is 3.93. The SMILES string of the molecule is CCCCC(Cc1cc(C(C)(C)C)c(O)c(C(C)(C)C)c1)(C(=O)OC1CC(C)(C)N(C)C(C)(C)C1)C(=O)OC1(N)CC(C)(C)N(C)C(C)(C)C1. The fourth-order valence-electron chi connectivity index (χ4n) is 8.85. The van der Waals surface area contributed by atoms with E-state index in [9.17, 15) is 5.11 Å². The van der Waals surface area contributed by atoms with Crippen LogP contribution in [0.3, 0.4) is 0 Å². The van der Waals surface area contributed by atoms with Gasteiger partial charge >= 0.3 is 11.9 Å². The molecule has 0 spiro atoms. The molecular weight excluding hydrogens is 626 g/mol. The van der Waals surface area contributed by atoms with Crippen molar-refractivity contribution in [1.29, 1.82) is 0 Å². The van der Waals surface area contributed by atoms with Crippen LogP contribution in [0.1, 0.15) is 165 Å². The van der Waals surface area contributed by atoms with Crippen molar-refractivity contribution in [3.8, 4) is 5.75 Å². The Hall–Kier alpha value is -2.16. The van der Waals surface area contributed by atoms with Crippen LogP contribution in [0.15, 0.2) is 12.1 Å². The Kier molecular flexibility index (Phi) is 11.6. The van der Waals surface area contributed by atoms with Gasteiger partial charge in [0.1, 0.15) is 11.9 Å². The van der Waals surface area contributed by atoms with Crippen molar-refractivity contribution in [1.82, 2.24) is 9.80 Å². The maximum Gasteiger partial charge on any atom is 0.325 e. The Morgan fingerprint density at radius 3 is 1.62 bits per heavy atom. The zero-order valence-corrected chi connectivity index (χ0v) is 34.9. The van der Waals surface area contributed by atoms with Gasteiger partial charge in [-0.25, -0.2) is 0 Å². The molecule has 1 atom stereocenters. The van der Waals surface area contributed by atoms with Gasteiger partial charge < -0.3 is 14.6 Å². The summed E-state index contributed by atoms with van der Waals surface area (Å²) in [6.45, 7) is 31.6. The van der Waals surface area contributed by atoms with E-state index in [2.05, 4.69) is 128 Å². The molecule has 0 amide bonds. The molecule has 2 saturated heterocycles. The number of phenolic OH excluding ortho intramolecular Hbond substituents is 1. The topological polar surface area (TPSA) is 105 Å². The van der Waals surface area contributed by atoms with Crippen LogP contribution in [0, 0.1) is 5.41 Å². The number of aromatic hydroxyl groups is 1. The van der Waals surface area contributed by atoms with Gasteiger partial charge in [0, 0.05) is 47.8 Å². The number of benzene rings is 1. The number of nitrogens with zero attached hydrogens (tertiary/aromatic N) is 2. The molecule has 1 unspecified atom stereocenters. The average molecular weight is 700 g/mol. The number of likely N-dealkylation sites (tertiary alicyclic amines) is 2. The van der Waals surface area contributed by atoms with Gasteiger partial charge in [-0.05, 0) is 110 Å². The number of unbranched alkanes of at least 4 members (excludes halogenated alkanes) is 1. The number of hydrogen-bond donors (Lipinski definition) is 2. The number of hydrogen-bond acceptors (Lipinski definition) is 8. The number of phenols is 1. The first-order valence-electron chi connectivity index (χ1n) is 18.9. The van der Waals surface area contributed by atoms with Crippen molar-refractivity contribution >= 4 is 11.9 Å². The molecule has 3 rings (SSSR count). The molecule has 0 aromatic heterocycles. The van der Waals surface area contributed by atoms with E-state index in [1.807, 2.05) is 12.1 Å². The number of carbonyl (C=O) groups is 2. The second-order valence-electron chi connectivity index (χ2n) is 20.5. The highest BCUT2D eigenvalue weighted by Crippen LogP contribution is 2.46. The maximum atomic E-state index is 15.1. The standard InChI is InChI=1S/C42H73N3O5/c1-18-19-20-41(33(47)49-29-24-37(8,9)44(16)38(10,11)25-29,34(48)50-42(43)26-39(12,13)45(17)40(14,15)27-42)23-28-21-30(35(2,3)4)32(46)31(22-28)36(5,6)7/h21-22,29,46H,18-20,23-27,43H2,1-17H3. The number of rotatable bonds is 9. The lowest BCUT2D eigenvalue weighted by molar-refractivity contribution is -0.201. The second-order valence-corrected chi connectivity index (χ2v) is 20.5. The number of piperidine rings is 2. The van der Waals surface area contributed by atoms with E-state index in [1.54, 1.807) is 0 Å². The molecule has 3 N–H and O–H groups in total. The maximum absolute atomic E-state index is 15.1. The summed E-state index contributed by atoms with van der Waals surface area (Å²) >= 11 is 0. The number of ether oxygens (including phenoxy) is 2. The third-order valence-corrected chi connectivity index (χ3v) is 12.1. The third kappa shape index (κ3) is 8.71. The zero-order chi connectivity index (χ0) is 38.7. The van der Waals surface area contributed by atoms with Gasteiger partial charge in [0.15, 0.2) is 11.1 Å². The Morgan fingerprint density at radius 1 is 0.800 bits per heavy atom. The molecule has 2 aliphatic rings. The molecule has 2 heterocycles. The summed E-state index contributed by atoms with van der Waals surface area (Å²) in [6.07, 6.45) is 3.52. The van der Waals surface area contributed by atoms with Gasteiger partial charge in [0.2, 0.25) is 0 Å². The minimum absolute atomic E-state index is 0.0826. The lowest BCUT2D eigenvalue weighted by atomic mass is 9.72. The van der Waals surface area contributed by atoms with Gasteiger partial charge in [-0.3, -0.25) is 25.1 Å². The van der Waals surface area contributed by atoms with Crippen molar-refractivity contribution in [3.63, 3.8) is 0 Å². The highest BCUT2D eigenvalue weighted by atomic mass is 16.6. The number of nitrogens with two attached hydrogens (primary N) is 1. The number of esters is 2. The Morgan fingerprint density at radius 2 is 1.22 bits per heavy atom. The molecule has 0 saturated carbocycles. The fourth-order valence-corrected chi connectivity index (χ4v) is 8.85. The first-order chi connectivity index (χ1) is 22.3. The second kappa shape index (κ2) is 13.7. The van der Waals surface area contributed by atoms with Crippen LogP contribution < -0.4 is 5.73 Å². The molecule has 1 aromatic carbocycles. The van der Waals surface area contributed by atoms with Gasteiger partial charge in [-0.1, -0.05) is 73.4 Å². The van der Waals surface area contributed by atoms with Crippen LogP contribution in [0.5, 0.6) is 5.75 Å². The first-order valence-corrected chi connectivity index (χ1v) is 18.9. The highest BCUT2D eigenvalue weighted by molar-refractivity contribution is 6.00. The van der Waals surface area contributed by atoms with E-state index in [4.69, 9.17) is 15.2 Å². The van der Waals surface area contributed by atoms with E-state index >= 15 is 9.59 Å². The van der Waals surface area contributed by atoms with Crippen LogP contribution in [0.25, 0.3) is 0 Å². The first kappa shape index (κ1) is 42.3. The van der Waals surface area contributed by atoms with Crippen LogP contribution in [0.2, 0.25) is 0 Å². The quantitative estimate of drug-likeness (QED) is 0.151. The molecule has 8 nitrogen and oxygen atoms in total. The average Bonchev–Trinajstić information content (AvgIpc) is 2.91. The molecule has 2 fully saturated rings. The van der Waals surface area contributed by atoms with Crippen LogP contribution in [-0.2, 0) is 36.3 Å². The zero-order valence-electron chi connectivity index (χ0n) is 34.9. The minimum Gasteiger partial charge on any atom is -0.507 e. The van der Waals surface area contributed by atoms with Gasteiger partial charge in [-0.2, -0.15) is 0 Å². The molecule has 0 radical (unpaired) electrons. The van der Waals surface area contributed by atoms with E-state index in [1.165, 1.54) is 0 Å². The summed E-state index contributed by atoms with van der Waals surface area (Å²) in [4.78, 5) is 34.8. The van der Waals surface area contributed by atoms with Crippen molar-refractivity contribution in [2.45, 2.75) is 200 Å². The van der Waals surface area contributed by atoms with Gasteiger partial charge in [0.05, 0.1) is 0 Å². The van der Waals surface area contributed by atoms with Crippen molar-refractivity contribution < 1.29 is 24.2 Å². The normalized spacial score (nSPS) is 23.6. The summed E-state index contributed by atoms with van der Waals surface area (Å²) in [5.41, 5.74) is 4.60. The fraction of sp³-hybridized carbons (Fsp3) is 0.810. The van der Waals surface area contributed by atoms with Crippen LogP contribution in [0.4, 0.5) is 0 Å². The molecule has 2 aliphatic heterocycles. The van der Waals surface area contributed by atoms with E-state index < -0.39 is 23.1 Å². The van der Waals surface area contributed by atoms with Crippen LogP contribution >= 0.6 is 0 Å². The Balaban J connectivity index is 2.24. The molecular formula is C42H73N3O5. The number of carbonyl (C=O) groups excluding carboxylic acids is 2. The Labute approximate surface area is 305 Å². The molecule has 50 heavy (non-hydrogen) atoms. The largest absolute Gasteiger partial charge is 0.507 e. The third-order valence-electron chi connectivity index (χ3n) is 12.1. The molecule has 286 valence electrons. The van der Waals surface area contributed by atoms with Crippen molar-refractivity contribution in [2.24, 2.45) is 11.1 Å². The summed E-state index contributed by atoms with van der Waals surface area (Å²) in [5, 5.41) is 11.5. The predicted octanol–water partition coefficient (Wildman–Crippen LogP) is 8.38. The smallest absolute Gasteiger partial charge is 0.325 e. The van der Waals surface area contributed by atoms with Crippen LogP contribution in [-0.4, -0.2) is 74.9 Å². The lowest BCUT2D eigenvalue weighted by Gasteiger charge is -2.56. The minimum atomic E-state index is -1.64. The summed E-state index contributed by atoms with van der Waals surface area (Å²) < 4.78 is 13.1. The van der Waals surface area contributed by atoms with Gasteiger partial charge in [-0.15, -0.1) is 0 Å². The van der Waals surface area contributed by atoms with E-state index in [-0.39, 0.29) is 57.7 Å². The summed E-state index contributed by atoms with van der Waals surface area (Å²) in [5.74, 6) is -0.913. The van der Waals surface area contributed by atoms with Crippen molar-refractivity contribution in [3.05, 3.63) is 28.8 Å². The van der Waals surface area contributed by atoms with Gasteiger partial charge in [0.25, 0.3) is 0 Å². The monoisotopic (exact) mass is 700 g/mol. The summed E-state index contributed by atoms with van der Waals surface area (Å²) in [7, 11) is 4.20. The molecule has 8 heteroatoms. The molecule has 1 aromatic rings. The van der Waals surface area contributed by atoms with E-state index in [0.717, 1.165) is 23.1 Å². The predicted molar refractivity (Wildman–Crippen MR) is 204 cm³/mol. The van der Waals surface area contributed by atoms with Crippen molar-refractivity contribution in [2.75, 3.05) is 14.1 Å². The highest BCUT2D eigenvalue weighted by Gasteiger charge is 2.56.